The number of anilines is 2. The zero-order valence-corrected chi connectivity index (χ0v) is 13.4. The molecule has 0 aliphatic rings. The first kappa shape index (κ1) is 17.7. The van der Waals surface area contributed by atoms with E-state index in [1.807, 2.05) is 0 Å². The van der Waals surface area contributed by atoms with Crippen LogP contribution in [0.1, 0.15) is 0 Å². The molecule has 0 aliphatic heterocycles. The third kappa shape index (κ3) is 4.44. The summed E-state index contributed by atoms with van der Waals surface area (Å²) in [4.78, 5) is 34.1. The molecule has 9 heteroatoms. The van der Waals surface area contributed by atoms with Gasteiger partial charge in [-0.3, -0.25) is 19.7 Å². The molecule has 2 N–H and O–H groups in total. The summed E-state index contributed by atoms with van der Waals surface area (Å²) in [5.74, 6) is -1.16. The lowest BCUT2D eigenvalue weighted by Crippen LogP contribution is -2.29. The standard InChI is InChI=1S/C16H15N3O6/c1-24-12-6-3-10(4-7-12)17-15(20)16(21)18-13-8-5-11(19(22)23)9-14(13)25-2/h3-9H,1-2H3,(H,17,20)(H,18,21). The number of nitrogens with one attached hydrogen (secondary N) is 2. The van der Waals surface area contributed by atoms with Crippen LogP contribution in [-0.4, -0.2) is 31.0 Å². The van der Waals surface area contributed by atoms with Crippen LogP contribution in [0.4, 0.5) is 17.1 Å². The van der Waals surface area contributed by atoms with E-state index in [9.17, 15) is 19.7 Å². The highest BCUT2D eigenvalue weighted by Gasteiger charge is 2.18. The average molecular weight is 345 g/mol. The van der Waals surface area contributed by atoms with Crippen molar-refractivity contribution in [2.24, 2.45) is 0 Å². The van der Waals surface area contributed by atoms with E-state index in [-0.39, 0.29) is 17.1 Å². The molecule has 0 bridgehead atoms. The molecule has 0 aromatic heterocycles. The fraction of sp³-hybridized carbons (Fsp3) is 0.125. The van der Waals surface area contributed by atoms with Crippen LogP contribution in [0.5, 0.6) is 11.5 Å². The monoisotopic (exact) mass is 345 g/mol. The average Bonchev–Trinajstić information content (AvgIpc) is 2.62. The van der Waals surface area contributed by atoms with Gasteiger partial charge in [-0.1, -0.05) is 0 Å². The van der Waals surface area contributed by atoms with Crippen LogP contribution in [0.3, 0.4) is 0 Å². The van der Waals surface area contributed by atoms with E-state index in [1.165, 1.54) is 26.4 Å². The molecule has 9 nitrogen and oxygen atoms in total. The van der Waals surface area contributed by atoms with Crippen molar-refractivity contribution >= 4 is 28.9 Å². The normalized spacial score (nSPS) is 9.84. The third-order valence-electron chi connectivity index (χ3n) is 3.20. The molecule has 0 heterocycles. The van der Waals surface area contributed by atoms with Crippen molar-refractivity contribution in [1.82, 2.24) is 0 Å². The number of amides is 2. The van der Waals surface area contributed by atoms with Gasteiger partial charge in [-0.05, 0) is 30.3 Å². The maximum Gasteiger partial charge on any atom is 0.314 e. The molecule has 0 unspecified atom stereocenters. The Hall–Kier alpha value is -3.62. The number of carbonyl (C=O) groups is 2. The molecule has 0 saturated carbocycles. The molecule has 2 rings (SSSR count). The van der Waals surface area contributed by atoms with Crippen LogP contribution in [-0.2, 0) is 9.59 Å². The number of nitro groups is 1. The number of nitro benzene ring substituents is 1. The number of carbonyl (C=O) groups excluding carboxylic acids is 2. The number of methoxy groups -OCH3 is 2. The van der Waals surface area contributed by atoms with Gasteiger partial charge in [-0.15, -0.1) is 0 Å². The molecular formula is C16H15N3O6. The first-order valence-electron chi connectivity index (χ1n) is 7.03. The first-order chi connectivity index (χ1) is 11.9. The topological polar surface area (TPSA) is 120 Å². The van der Waals surface area contributed by atoms with E-state index < -0.39 is 16.7 Å². The predicted molar refractivity (Wildman–Crippen MR) is 89.9 cm³/mol. The number of non-ortho nitro benzene ring substituents is 1. The summed E-state index contributed by atoms with van der Waals surface area (Å²) in [7, 11) is 2.81. The van der Waals surface area contributed by atoms with Gasteiger partial charge in [0.15, 0.2) is 0 Å². The second-order valence-corrected chi connectivity index (χ2v) is 4.78. The van der Waals surface area contributed by atoms with E-state index in [0.717, 1.165) is 6.07 Å². The van der Waals surface area contributed by atoms with Gasteiger partial charge in [-0.2, -0.15) is 0 Å². The summed E-state index contributed by atoms with van der Waals surface area (Å²) in [6.07, 6.45) is 0. The highest BCUT2D eigenvalue weighted by molar-refractivity contribution is 6.43. The van der Waals surface area contributed by atoms with Crippen molar-refractivity contribution in [2.75, 3.05) is 24.9 Å². The van der Waals surface area contributed by atoms with E-state index in [1.54, 1.807) is 24.3 Å². The van der Waals surface area contributed by atoms with Crippen molar-refractivity contribution in [3.05, 3.63) is 52.6 Å². The summed E-state index contributed by atoms with van der Waals surface area (Å²) in [5.41, 5.74) is 0.358. The first-order valence-corrected chi connectivity index (χ1v) is 7.03. The van der Waals surface area contributed by atoms with Gasteiger partial charge in [0.05, 0.1) is 30.9 Å². The number of rotatable bonds is 5. The summed E-state index contributed by atoms with van der Waals surface area (Å²) in [6.45, 7) is 0. The van der Waals surface area contributed by atoms with E-state index >= 15 is 0 Å². The summed E-state index contributed by atoms with van der Waals surface area (Å²) in [6, 6.07) is 10.1. The van der Waals surface area contributed by atoms with Crippen molar-refractivity contribution < 1.29 is 24.0 Å². The maximum absolute atomic E-state index is 12.0. The van der Waals surface area contributed by atoms with E-state index in [2.05, 4.69) is 10.6 Å². The second-order valence-electron chi connectivity index (χ2n) is 4.78. The fourth-order valence-corrected chi connectivity index (χ4v) is 1.94. The Morgan fingerprint density at radius 1 is 0.960 bits per heavy atom. The zero-order chi connectivity index (χ0) is 18.4. The van der Waals surface area contributed by atoms with Gasteiger partial charge in [-0.25, -0.2) is 0 Å². The van der Waals surface area contributed by atoms with E-state index in [0.29, 0.717) is 11.4 Å². The maximum atomic E-state index is 12.0. The molecule has 2 amide bonds. The summed E-state index contributed by atoms with van der Waals surface area (Å²) >= 11 is 0. The molecular weight excluding hydrogens is 330 g/mol. The highest BCUT2D eigenvalue weighted by atomic mass is 16.6. The molecule has 0 radical (unpaired) electrons. The van der Waals surface area contributed by atoms with Gasteiger partial charge >= 0.3 is 11.8 Å². The number of hydrogen-bond acceptors (Lipinski definition) is 6. The van der Waals surface area contributed by atoms with Crippen molar-refractivity contribution in [2.45, 2.75) is 0 Å². The number of ether oxygens (including phenoxy) is 2. The molecule has 0 saturated heterocycles. The van der Waals surface area contributed by atoms with Crippen LogP contribution in [0, 0.1) is 10.1 Å². The number of hydrogen-bond donors (Lipinski definition) is 2. The van der Waals surface area contributed by atoms with Crippen LogP contribution in [0.2, 0.25) is 0 Å². The lowest BCUT2D eigenvalue weighted by Gasteiger charge is -2.10. The quantitative estimate of drug-likeness (QED) is 0.487. The van der Waals surface area contributed by atoms with Gasteiger partial charge in [0.25, 0.3) is 5.69 Å². The van der Waals surface area contributed by atoms with Crippen LogP contribution >= 0.6 is 0 Å². The molecule has 0 aliphatic carbocycles. The Morgan fingerprint density at radius 2 is 1.60 bits per heavy atom. The SMILES string of the molecule is COc1ccc(NC(=O)C(=O)Nc2ccc([N+](=O)[O-])cc2OC)cc1. The fourth-order valence-electron chi connectivity index (χ4n) is 1.94. The molecule has 130 valence electrons. The third-order valence-corrected chi connectivity index (χ3v) is 3.20. The Labute approximate surface area is 142 Å². The van der Waals surface area contributed by atoms with Crippen molar-refractivity contribution in [3.8, 4) is 11.5 Å². The number of nitrogens with zero attached hydrogens (tertiary/aromatic N) is 1. The van der Waals surface area contributed by atoms with Crippen molar-refractivity contribution in [3.63, 3.8) is 0 Å². The molecule has 2 aromatic rings. The Morgan fingerprint density at radius 3 is 2.16 bits per heavy atom. The van der Waals surface area contributed by atoms with E-state index in [4.69, 9.17) is 9.47 Å². The molecule has 0 spiro atoms. The van der Waals surface area contributed by atoms with Crippen molar-refractivity contribution in [1.29, 1.82) is 0 Å². The largest absolute Gasteiger partial charge is 0.497 e. The lowest BCUT2D eigenvalue weighted by atomic mass is 10.2. The molecule has 2 aromatic carbocycles. The Kier molecular flexibility index (Phi) is 5.51. The minimum absolute atomic E-state index is 0.0693. The van der Waals surface area contributed by atoms with Gasteiger partial charge in [0.1, 0.15) is 11.5 Å². The second kappa shape index (κ2) is 7.77. The predicted octanol–water partition coefficient (Wildman–Crippen LogP) is 2.19. The smallest absolute Gasteiger partial charge is 0.314 e. The minimum atomic E-state index is -0.942. The molecule has 25 heavy (non-hydrogen) atoms. The Balaban J connectivity index is 2.07. The van der Waals surface area contributed by atoms with Gasteiger partial charge < -0.3 is 20.1 Å². The summed E-state index contributed by atoms with van der Waals surface area (Å²) in [5, 5.41) is 15.5. The molecule has 0 fully saturated rings. The minimum Gasteiger partial charge on any atom is -0.497 e. The van der Waals surface area contributed by atoms with Gasteiger partial charge in [0, 0.05) is 11.8 Å². The highest BCUT2D eigenvalue weighted by Crippen LogP contribution is 2.29. The lowest BCUT2D eigenvalue weighted by molar-refractivity contribution is -0.384. The van der Waals surface area contributed by atoms with Crippen LogP contribution < -0.4 is 20.1 Å². The Bertz CT molecular complexity index is 804. The van der Waals surface area contributed by atoms with Crippen LogP contribution in [0.25, 0.3) is 0 Å². The number of benzene rings is 2. The summed E-state index contributed by atoms with van der Waals surface area (Å²) < 4.78 is 9.99. The van der Waals surface area contributed by atoms with Gasteiger partial charge in [0.2, 0.25) is 0 Å². The van der Waals surface area contributed by atoms with Crippen LogP contribution in [0.15, 0.2) is 42.5 Å². The molecule has 0 atom stereocenters. The zero-order valence-electron chi connectivity index (χ0n) is 13.4.